The zero-order valence-electron chi connectivity index (χ0n) is 23.2. The number of aromatic hydroxyl groups is 1. The molecule has 3 aliphatic rings. The number of aldehydes is 1. The Labute approximate surface area is 232 Å². The molecule has 1 saturated heterocycles. The van der Waals surface area contributed by atoms with Crippen molar-refractivity contribution in [1.82, 2.24) is 5.32 Å². The van der Waals surface area contributed by atoms with Crippen LogP contribution in [0.5, 0.6) is 5.75 Å². The van der Waals surface area contributed by atoms with Gasteiger partial charge in [0, 0.05) is 34.3 Å². The minimum absolute atomic E-state index is 0.0134. The first-order valence-corrected chi connectivity index (χ1v) is 13.4. The van der Waals surface area contributed by atoms with Crippen molar-refractivity contribution in [2.45, 2.75) is 71.2 Å². The number of rotatable bonds is 4. The zero-order chi connectivity index (χ0) is 29.5. The number of amides is 1. The number of allylic oxidation sites excluding steroid dienone is 3. The van der Waals surface area contributed by atoms with Gasteiger partial charge < -0.3 is 30.2 Å². The second-order valence-corrected chi connectivity index (χ2v) is 11.0. The molecule has 1 aromatic rings. The molecule has 212 valence electrons. The monoisotopic (exact) mass is 549 g/mol. The Hall–Kier alpha value is -3.82. The summed E-state index contributed by atoms with van der Waals surface area (Å²) in [6.45, 7) is 8.52. The minimum atomic E-state index is -2.06. The quantitative estimate of drug-likeness (QED) is 0.254. The van der Waals surface area contributed by atoms with Crippen molar-refractivity contribution in [3.63, 3.8) is 0 Å². The van der Waals surface area contributed by atoms with Crippen LogP contribution in [0, 0.1) is 18.8 Å². The van der Waals surface area contributed by atoms with Gasteiger partial charge in [-0.25, -0.2) is 4.79 Å². The Morgan fingerprint density at radius 1 is 1.23 bits per heavy atom. The van der Waals surface area contributed by atoms with Crippen LogP contribution in [-0.2, 0) is 24.7 Å². The molecular formula is C31H35NO8. The highest BCUT2D eigenvalue weighted by Gasteiger charge is 2.55. The third kappa shape index (κ3) is 4.95. The molecule has 1 unspecified atom stereocenters. The van der Waals surface area contributed by atoms with Crippen LogP contribution >= 0.6 is 0 Å². The number of phenols is 1. The fraction of sp³-hybridized carbons (Fsp3) is 0.419. The lowest BCUT2D eigenvalue weighted by Gasteiger charge is -2.35. The van der Waals surface area contributed by atoms with Gasteiger partial charge in [-0.15, -0.1) is 0 Å². The maximum atomic E-state index is 13.4. The number of nitrogens with one attached hydrogen (secondary N) is 1. The van der Waals surface area contributed by atoms with Crippen LogP contribution in [0.25, 0.3) is 0 Å². The van der Waals surface area contributed by atoms with E-state index >= 15 is 0 Å². The Morgan fingerprint density at radius 2 is 1.93 bits per heavy atom. The van der Waals surface area contributed by atoms with E-state index in [1.54, 1.807) is 39.0 Å². The van der Waals surface area contributed by atoms with E-state index < -0.39 is 47.3 Å². The zero-order valence-corrected chi connectivity index (χ0v) is 23.2. The summed E-state index contributed by atoms with van der Waals surface area (Å²) in [7, 11) is 0. The Bertz CT molecular complexity index is 1400. The van der Waals surface area contributed by atoms with Crippen molar-refractivity contribution in [2.75, 3.05) is 0 Å². The van der Waals surface area contributed by atoms with Crippen molar-refractivity contribution in [2.24, 2.45) is 11.8 Å². The summed E-state index contributed by atoms with van der Waals surface area (Å²) < 4.78 is 5.65. The van der Waals surface area contributed by atoms with Crippen LogP contribution in [0.4, 0.5) is 0 Å². The molecule has 0 spiro atoms. The van der Waals surface area contributed by atoms with Gasteiger partial charge in [-0.3, -0.25) is 9.59 Å². The number of aliphatic hydroxyl groups excluding tert-OH is 1. The standard InChI is InChI=1S/C31H35NO8/c1-6-18-7-8-24(22(34)9-15(2)3)40-30(38)17(5)11-21-29(37)32-25-13-23(35)27-20(31(21,25)39)10-16(4)28(36)26(27)19(12-18)14-33/h7-11,13-14,18-19,21-22,24,34,36,39H,6,12H2,1-5H3,(H,32,37)/b8-7-,17-11-/t18-,19?,21+,22-,24-,31-/m0/s1. The average molecular weight is 550 g/mol. The van der Waals surface area contributed by atoms with Gasteiger partial charge in [-0.1, -0.05) is 30.7 Å². The molecular weight excluding hydrogens is 514 g/mol. The highest BCUT2D eigenvalue weighted by molar-refractivity contribution is 6.12. The Morgan fingerprint density at radius 3 is 2.55 bits per heavy atom. The van der Waals surface area contributed by atoms with Crippen LogP contribution in [0.3, 0.4) is 0 Å². The molecule has 4 bridgehead atoms. The van der Waals surface area contributed by atoms with Crippen LogP contribution in [0.15, 0.2) is 53.3 Å². The molecule has 1 aromatic carbocycles. The van der Waals surface area contributed by atoms with Crippen LogP contribution in [-0.4, -0.2) is 51.5 Å². The molecule has 6 atom stereocenters. The minimum Gasteiger partial charge on any atom is -0.507 e. The van der Waals surface area contributed by atoms with Gasteiger partial charge >= 0.3 is 5.97 Å². The fourth-order valence-electron chi connectivity index (χ4n) is 5.69. The topological polar surface area (TPSA) is 150 Å². The van der Waals surface area contributed by atoms with Gasteiger partial charge in [0.25, 0.3) is 0 Å². The number of hydrogen-bond donors (Lipinski definition) is 4. The Kier molecular flexibility index (Phi) is 8.01. The maximum absolute atomic E-state index is 13.4. The predicted octanol–water partition coefficient (Wildman–Crippen LogP) is 3.17. The molecule has 2 heterocycles. The summed E-state index contributed by atoms with van der Waals surface area (Å²) in [4.78, 5) is 52.2. The molecule has 4 rings (SSSR count). The van der Waals surface area contributed by atoms with E-state index in [-0.39, 0.29) is 46.0 Å². The summed E-state index contributed by atoms with van der Waals surface area (Å²) in [5, 5.41) is 36.6. The lowest BCUT2D eigenvalue weighted by Crippen LogP contribution is -2.39. The molecule has 0 radical (unpaired) electrons. The predicted molar refractivity (Wildman–Crippen MR) is 146 cm³/mol. The molecule has 0 saturated carbocycles. The van der Waals surface area contributed by atoms with E-state index in [9.17, 15) is 34.5 Å². The van der Waals surface area contributed by atoms with Crippen molar-refractivity contribution >= 4 is 23.9 Å². The molecule has 1 aliphatic carbocycles. The summed E-state index contributed by atoms with van der Waals surface area (Å²) in [6.07, 6.45) is 6.43. The molecule has 1 amide bonds. The van der Waals surface area contributed by atoms with Crippen molar-refractivity contribution in [3.8, 4) is 5.75 Å². The highest BCUT2D eigenvalue weighted by atomic mass is 16.6. The molecule has 40 heavy (non-hydrogen) atoms. The summed E-state index contributed by atoms with van der Waals surface area (Å²) in [5.74, 6) is -4.75. The Balaban J connectivity index is 2.00. The number of ketones is 1. The molecule has 9 heteroatoms. The van der Waals surface area contributed by atoms with Crippen LogP contribution in [0.1, 0.15) is 73.5 Å². The summed E-state index contributed by atoms with van der Waals surface area (Å²) in [5.41, 5.74) is -0.848. The van der Waals surface area contributed by atoms with Crippen LogP contribution in [0.2, 0.25) is 0 Å². The molecule has 4 N–H and O–H groups in total. The summed E-state index contributed by atoms with van der Waals surface area (Å²) in [6, 6.07) is 1.44. The molecule has 2 aliphatic heterocycles. The van der Waals surface area contributed by atoms with E-state index in [0.717, 1.165) is 11.6 Å². The van der Waals surface area contributed by atoms with Crippen molar-refractivity contribution < 1.29 is 39.2 Å². The number of cyclic esters (lactones) is 1. The van der Waals surface area contributed by atoms with E-state index in [0.29, 0.717) is 18.3 Å². The van der Waals surface area contributed by atoms with Crippen molar-refractivity contribution in [3.05, 3.63) is 75.5 Å². The lowest BCUT2D eigenvalue weighted by atomic mass is 9.71. The van der Waals surface area contributed by atoms with Gasteiger partial charge in [-0.2, -0.15) is 0 Å². The number of esters is 1. The number of carbonyl (C=O) groups excluding carboxylic acids is 4. The van der Waals surface area contributed by atoms with Gasteiger partial charge in [0.05, 0.1) is 11.6 Å². The number of carbonyl (C=O) groups is 4. The molecule has 1 fully saturated rings. The van der Waals surface area contributed by atoms with Crippen molar-refractivity contribution in [1.29, 1.82) is 0 Å². The SMILES string of the molecule is CC[C@H]1/C=C\[C@@H]([C@@H](O)C=C(C)C)OC(=O)/C(C)=C\[C@@H]2C(=O)NC3=CC(=O)c4c(cc(C)c(O)c4C(C=O)C1)[C@@]32O. The highest BCUT2D eigenvalue weighted by Crippen LogP contribution is 2.50. The van der Waals surface area contributed by atoms with E-state index in [1.807, 2.05) is 6.92 Å². The third-order valence-electron chi connectivity index (χ3n) is 7.87. The van der Waals surface area contributed by atoms with Gasteiger partial charge in [0.15, 0.2) is 5.78 Å². The second kappa shape index (κ2) is 11.0. The van der Waals surface area contributed by atoms with Gasteiger partial charge in [0.2, 0.25) is 5.91 Å². The number of aryl methyl sites for hydroxylation is 1. The first-order valence-electron chi connectivity index (χ1n) is 13.4. The number of hydrogen-bond acceptors (Lipinski definition) is 8. The maximum Gasteiger partial charge on any atom is 0.334 e. The molecule has 0 aromatic heterocycles. The van der Waals surface area contributed by atoms with E-state index in [1.165, 1.54) is 19.1 Å². The van der Waals surface area contributed by atoms with E-state index in [4.69, 9.17) is 4.74 Å². The number of ether oxygens (including phenoxy) is 1. The smallest absolute Gasteiger partial charge is 0.334 e. The van der Waals surface area contributed by atoms with E-state index in [2.05, 4.69) is 5.32 Å². The average Bonchev–Trinajstić information content (AvgIpc) is 3.13. The fourth-order valence-corrected chi connectivity index (χ4v) is 5.69. The van der Waals surface area contributed by atoms with Crippen LogP contribution < -0.4 is 5.32 Å². The van der Waals surface area contributed by atoms with Gasteiger partial charge in [-0.05, 0) is 64.2 Å². The summed E-state index contributed by atoms with van der Waals surface area (Å²) >= 11 is 0. The third-order valence-corrected chi connectivity index (χ3v) is 7.87. The first-order chi connectivity index (χ1) is 18.8. The lowest BCUT2D eigenvalue weighted by molar-refractivity contribution is -0.145. The second-order valence-electron chi connectivity index (χ2n) is 11.0. The number of aliphatic hydroxyl groups is 2. The molecule has 9 nitrogen and oxygen atoms in total. The number of benzene rings is 1. The normalized spacial score (nSPS) is 30.9. The van der Waals surface area contributed by atoms with Gasteiger partial charge in [0.1, 0.15) is 29.8 Å². The number of phenolic OH excluding ortho intramolecular Hbond substituents is 1. The largest absolute Gasteiger partial charge is 0.507 e. The first kappa shape index (κ1) is 29.2.